The lowest BCUT2D eigenvalue weighted by Crippen LogP contribution is -3.00. The summed E-state index contributed by atoms with van der Waals surface area (Å²) in [6.45, 7) is 3.74. The Morgan fingerprint density at radius 3 is 2.13 bits per heavy atom. The second-order valence-corrected chi connectivity index (χ2v) is 10.5. The molecule has 3 aromatic rings. The van der Waals surface area contributed by atoms with Crippen molar-refractivity contribution in [2.75, 3.05) is 37.6 Å². The number of aromatic nitrogens is 2. The van der Waals surface area contributed by atoms with Crippen LogP contribution >= 0.6 is 11.6 Å². The number of phenolic OH excluding ortho intramolecular Hbond substituents is 2. The Morgan fingerprint density at radius 2 is 1.56 bits per heavy atom. The molecule has 7 N–H and O–H groups in total. The number of hydrogen-bond acceptors (Lipinski definition) is 7. The van der Waals surface area contributed by atoms with Crippen LogP contribution in [0.4, 0.5) is 11.6 Å². The molecular weight excluding hydrogens is 539 g/mol. The van der Waals surface area contributed by atoms with Gasteiger partial charge in [-0.3, -0.25) is 4.79 Å². The summed E-state index contributed by atoms with van der Waals surface area (Å²) in [5.74, 6) is 0.110. The van der Waals surface area contributed by atoms with Gasteiger partial charge in [-0.1, -0.05) is 35.9 Å². The summed E-state index contributed by atoms with van der Waals surface area (Å²) in [5.41, 5.74) is 13.8. The number of hydrogen-bond donors (Lipinski definition) is 5. The van der Waals surface area contributed by atoms with E-state index < -0.39 is 5.91 Å². The van der Waals surface area contributed by atoms with Crippen LogP contribution < -0.4 is 29.2 Å². The SMILES string of the molecule is Nc1nc(N)c(C(=O)NC2CCC[N+](CCCc3cccc(O)c3)(CCCc3cccc(O)c3)C2)nc1Cl.[Cl-]. The molecule has 4 rings (SSSR count). The van der Waals surface area contributed by atoms with Gasteiger partial charge in [0, 0.05) is 12.8 Å². The van der Waals surface area contributed by atoms with Crippen LogP contribution in [0.5, 0.6) is 11.5 Å². The van der Waals surface area contributed by atoms with Gasteiger partial charge in [0.1, 0.15) is 11.5 Å². The van der Waals surface area contributed by atoms with Crippen molar-refractivity contribution in [1.82, 2.24) is 15.3 Å². The number of quaternary nitrogens is 1. The smallest absolute Gasteiger partial charge is 0.274 e. The van der Waals surface area contributed by atoms with Crippen LogP contribution in [0.1, 0.15) is 47.3 Å². The van der Waals surface area contributed by atoms with Gasteiger partial charge in [0.15, 0.2) is 22.5 Å². The van der Waals surface area contributed by atoms with Crippen molar-refractivity contribution in [3.05, 3.63) is 70.5 Å². The Morgan fingerprint density at radius 1 is 0.974 bits per heavy atom. The zero-order valence-electron chi connectivity index (χ0n) is 21.8. The summed E-state index contributed by atoms with van der Waals surface area (Å²) >= 11 is 5.98. The van der Waals surface area contributed by atoms with E-state index >= 15 is 0 Å². The van der Waals surface area contributed by atoms with Gasteiger partial charge in [0.25, 0.3) is 5.91 Å². The number of benzene rings is 2. The standard InChI is InChI=1S/C28H35ClN6O3.ClH/c29-25-27(31)34-26(30)24(33-25)28(38)32-21-10-5-15-35(18-21,13-3-8-19-6-1-11-22(36)16-19)14-4-9-20-7-2-12-23(37)17-20;/h1-2,6-7,11-12,16-17,21H,3-5,8-10,13-15,18H2,(H6-,30,31,32,34,36,37,38);1H. The molecule has 1 saturated heterocycles. The average Bonchev–Trinajstić information content (AvgIpc) is 2.86. The number of halogens is 2. The number of piperidine rings is 1. The first-order valence-corrected chi connectivity index (χ1v) is 13.4. The topological polar surface area (TPSA) is 147 Å². The molecule has 2 heterocycles. The van der Waals surface area contributed by atoms with Crippen LogP contribution in [0, 0.1) is 0 Å². The molecule has 210 valence electrons. The third-order valence-electron chi connectivity index (χ3n) is 7.26. The number of nitrogen functional groups attached to an aromatic ring is 2. The van der Waals surface area contributed by atoms with Crippen molar-refractivity contribution in [3.63, 3.8) is 0 Å². The highest BCUT2D eigenvalue weighted by atomic mass is 35.5. The number of rotatable bonds is 10. The highest BCUT2D eigenvalue weighted by molar-refractivity contribution is 6.31. The largest absolute Gasteiger partial charge is 1.00 e. The molecular formula is C28H36Cl2N6O3. The minimum atomic E-state index is -0.401. The fourth-order valence-electron chi connectivity index (χ4n) is 5.48. The average molecular weight is 576 g/mol. The highest BCUT2D eigenvalue weighted by Gasteiger charge is 2.35. The summed E-state index contributed by atoms with van der Waals surface area (Å²) in [6.07, 6.45) is 5.50. The molecule has 9 nitrogen and oxygen atoms in total. The number of nitrogens with two attached hydrogens (primary N) is 2. The molecule has 1 atom stereocenters. The molecule has 1 aromatic heterocycles. The molecule has 1 amide bonds. The Balaban J connectivity index is 0.00000420. The third-order valence-corrected chi connectivity index (χ3v) is 7.54. The van der Waals surface area contributed by atoms with E-state index in [1.165, 1.54) is 0 Å². The maximum atomic E-state index is 13.0. The molecule has 0 bridgehead atoms. The Bertz CT molecular complexity index is 1220. The van der Waals surface area contributed by atoms with E-state index in [1.807, 2.05) is 36.4 Å². The van der Waals surface area contributed by atoms with Crippen molar-refractivity contribution in [1.29, 1.82) is 0 Å². The number of phenols is 2. The normalized spacial score (nSPS) is 16.3. The fraction of sp³-hybridized carbons (Fsp3) is 0.393. The predicted octanol–water partition coefficient (Wildman–Crippen LogP) is 0.684. The van der Waals surface area contributed by atoms with Gasteiger partial charge in [-0.25, -0.2) is 9.97 Å². The number of anilines is 2. The van der Waals surface area contributed by atoms with Gasteiger partial charge in [-0.15, -0.1) is 0 Å². The molecule has 2 aromatic carbocycles. The van der Waals surface area contributed by atoms with Crippen LogP contribution in [0.15, 0.2) is 48.5 Å². The van der Waals surface area contributed by atoms with Gasteiger partial charge >= 0.3 is 0 Å². The monoisotopic (exact) mass is 574 g/mol. The van der Waals surface area contributed by atoms with Crippen molar-refractivity contribution >= 4 is 29.1 Å². The zero-order valence-corrected chi connectivity index (χ0v) is 23.3. The summed E-state index contributed by atoms with van der Waals surface area (Å²) in [6, 6.07) is 14.8. The van der Waals surface area contributed by atoms with Crippen molar-refractivity contribution < 1.29 is 31.9 Å². The minimum absolute atomic E-state index is 0. The molecule has 0 radical (unpaired) electrons. The summed E-state index contributed by atoms with van der Waals surface area (Å²) in [4.78, 5) is 21.0. The van der Waals surface area contributed by atoms with E-state index in [0.717, 1.165) is 80.3 Å². The van der Waals surface area contributed by atoms with E-state index in [0.29, 0.717) is 0 Å². The van der Waals surface area contributed by atoms with Gasteiger partial charge in [0.05, 0.1) is 32.2 Å². The Kier molecular flexibility index (Phi) is 10.6. The summed E-state index contributed by atoms with van der Waals surface area (Å²) in [5, 5.41) is 22.7. The lowest BCUT2D eigenvalue weighted by atomic mass is 9.99. The second kappa shape index (κ2) is 13.7. The lowest BCUT2D eigenvalue weighted by molar-refractivity contribution is -0.933. The highest BCUT2D eigenvalue weighted by Crippen LogP contribution is 2.24. The number of aromatic hydroxyl groups is 2. The number of carbonyl (C=O) groups is 1. The number of aryl methyl sites for hydroxylation is 2. The van der Waals surface area contributed by atoms with E-state index in [1.54, 1.807) is 12.1 Å². The maximum Gasteiger partial charge on any atom is 0.274 e. The van der Waals surface area contributed by atoms with Crippen LogP contribution in [0.25, 0.3) is 0 Å². The fourth-order valence-corrected chi connectivity index (χ4v) is 5.61. The number of nitrogens with zero attached hydrogens (tertiary/aromatic N) is 3. The summed E-state index contributed by atoms with van der Waals surface area (Å²) < 4.78 is 0.881. The summed E-state index contributed by atoms with van der Waals surface area (Å²) in [7, 11) is 0. The first kappa shape index (κ1) is 30.3. The van der Waals surface area contributed by atoms with E-state index in [9.17, 15) is 15.0 Å². The zero-order chi connectivity index (χ0) is 27.1. The molecule has 1 fully saturated rings. The molecule has 1 unspecified atom stereocenters. The molecule has 39 heavy (non-hydrogen) atoms. The Labute approximate surface area is 240 Å². The molecule has 1 aliphatic heterocycles. The maximum absolute atomic E-state index is 13.0. The van der Waals surface area contributed by atoms with E-state index in [-0.39, 0.29) is 52.4 Å². The van der Waals surface area contributed by atoms with Crippen LogP contribution in [-0.2, 0) is 12.8 Å². The number of carbonyl (C=O) groups excluding carboxylic acids is 1. The predicted molar refractivity (Wildman–Crippen MR) is 149 cm³/mol. The molecule has 0 spiro atoms. The first-order valence-electron chi connectivity index (χ1n) is 13.0. The van der Waals surface area contributed by atoms with Crippen molar-refractivity contribution in [2.45, 2.75) is 44.6 Å². The van der Waals surface area contributed by atoms with Gasteiger partial charge in [-0.2, -0.15) is 0 Å². The van der Waals surface area contributed by atoms with Gasteiger partial charge in [-0.05, 0) is 61.1 Å². The number of amides is 1. The molecule has 11 heteroatoms. The number of nitrogens with one attached hydrogen (secondary N) is 1. The third kappa shape index (κ3) is 8.36. The molecule has 1 aliphatic rings. The quantitative estimate of drug-likeness (QED) is 0.224. The lowest BCUT2D eigenvalue weighted by Gasteiger charge is -2.45. The van der Waals surface area contributed by atoms with E-state index in [2.05, 4.69) is 15.3 Å². The van der Waals surface area contributed by atoms with Gasteiger partial charge in [0.2, 0.25) is 0 Å². The Hall–Kier alpha value is -3.27. The molecule has 0 aliphatic carbocycles. The van der Waals surface area contributed by atoms with Crippen LogP contribution in [-0.4, -0.2) is 62.8 Å². The van der Waals surface area contributed by atoms with Crippen LogP contribution in [0.3, 0.4) is 0 Å². The minimum Gasteiger partial charge on any atom is -1.00 e. The second-order valence-electron chi connectivity index (χ2n) is 10.2. The number of likely N-dealkylation sites (tertiary alicyclic amines) is 1. The first-order chi connectivity index (χ1) is 18.2. The molecule has 0 saturated carbocycles. The van der Waals surface area contributed by atoms with Gasteiger partial charge < -0.3 is 43.9 Å². The van der Waals surface area contributed by atoms with Crippen LogP contribution in [0.2, 0.25) is 5.15 Å². The van der Waals surface area contributed by atoms with Crippen molar-refractivity contribution in [3.8, 4) is 11.5 Å². The van der Waals surface area contributed by atoms with Crippen molar-refractivity contribution in [2.24, 2.45) is 0 Å². The van der Waals surface area contributed by atoms with E-state index in [4.69, 9.17) is 23.1 Å².